The molecule has 0 spiro atoms. The third-order valence-electron chi connectivity index (χ3n) is 2.78. The van der Waals surface area contributed by atoms with Gasteiger partial charge in [-0.25, -0.2) is 0 Å². The zero-order valence-corrected chi connectivity index (χ0v) is 8.02. The second kappa shape index (κ2) is 2.92. The molecule has 0 aromatic carbocycles. The second-order valence-corrected chi connectivity index (χ2v) is 3.71. The van der Waals surface area contributed by atoms with Gasteiger partial charge in [-0.2, -0.15) is 0 Å². The van der Waals surface area contributed by atoms with Crippen molar-refractivity contribution in [2.24, 2.45) is 11.3 Å². The molecule has 1 rings (SSSR count). The van der Waals surface area contributed by atoms with Crippen molar-refractivity contribution in [2.75, 3.05) is 6.61 Å². The first-order valence-corrected chi connectivity index (χ1v) is 4.35. The fraction of sp³-hybridized carbons (Fsp3) is 0.700. The first kappa shape index (κ1) is 9.30. The molecular weight excluding hydrogens is 152 g/mol. The Morgan fingerprint density at radius 1 is 1.75 bits per heavy atom. The number of esters is 1. The van der Waals surface area contributed by atoms with Crippen molar-refractivity contribution in [3.05, 3.63) is 12.2 Å². The summed E-state index contributed by atoms with van der Waals surface area (Å²) in [5, 5.41) is 0. The van der Waals surface area contributed by atoms with Crippen LogP contribution in [0.15, 0.2) is 12.2 Å². The molecule has 12 heavy (non-hydrogen) atoms. The molecule has 2 nitrogen and oxygen atoms in total. The van der Waals surface area contributed by atoms with E-state index in [0.29, 0.717) is 6.61 Å². The summed E-state index contributed by atoms with van der Waals surface area (Å²) in [6, 6.07) is 0. The summed E-state index contributed by atoms with van der Waals surface area (Å²) in [7, 11) is 0. The van der Waals surface area contributed by atoms with Crippen LogP contribution in [0.3, 0.4) is 0 Å². The van der Waals surface area contributed by atoms with Gasteiger partial charge in [0.1, 0.15) is 0 Å². The Morgan fingerprint density at radius 2 is 2.33 bits per heavy atom. The lowest BCUT2D eigenvalue weighted by Crippen LogP contribution is -2.12. The smallest absolute Gasteiger partial charge is 0.309 e. The molecule has 1 aliphatic rings. The molecule has 0 amide bonds. The highest BCUT2D eigenvalue weighted by atomic mass is 16.5. The Morgan fingerprint density at radius 3 is 2.67 bits per heavy atom. The van der Waals surface area contributed by atoms with E-state index in [2.05, 4.69) is 13.5 Å². The summed E-state index contributed by atoms with van der Waals surface area (Å²) in [5.74, 6) is -0.00190. The minimum Gasteiger partial charge on any atom is -0.466 e. The van der Waals surface area contributed by atoms with Crippen LogP contribution in [-0.4, -0.2) is 12.6 Å². The second-order valence-electron chi connectivity index (χ2n) is 3.71. The Kier molecular flexibility index (Phi) is 2.27. The average molecular weight is 168 g/mol. The lowest BCUT2D eigenvalue weighted by atomic mass is 9.98. The van der Waals surface area contributed by atoms with Crippen LogP contribution in [0.2, 0.25) is 0 Å². The highest BCUT2D eigenvalue weighted by Gasteiger charge is 2.55. The zero-order valence-electron chi connectivity index (χ0n) is 8.02. The number of hydrogen-bond acceptors (Lipinski definition) is 2. The van der Waals surface area contributed by atoms with Gasteiger partial charge in [0.05, 0.1) is 12.5 Å². The van der Waals surface area contributed by atoms with Crippen molar-refractivity contribution >= 4 is 5.97 Å². The van der Waals surface area contributed by atoms with Crippen molar-refractivity contribution in [2.45, 2.75) is 27.2 Å². The first-order chi connectivity index (χ1) is 5.52. The average Bonchev–Trinajstić information content (AvgIpc) is 2.65. The molecule has 0 aromatic heterocycles. The van der Waals surface area contributed by atoms with Crippen LogP contribution < -0.4 is 0 Å². The molecule has 68 valence electrons. The molecule has 1 saturated carbocycles. The van der Waals surface area contributed by atoms with Crippen molar-refractivity contribution in [3.8, 4) is 0 Å². The fourth-order valence-electron chi connectivity index (χ4n) is 1.42. The van der Waals surface area contributed by atoms with Gasteiger partial charge >= 0.3 is 5.97 Å². The number of allylic oxidation sites excluding steroid dienone is 1. The van der Waals surface area contributed by atoms with E-state index in [1.54, 1.807) is 0 Å². The van der Waals surface area contributed by atoms with Crippen LogP contribution in [0.4, 0.5) is 0 Å². The summed E-state index contributed by atoms with van der Waals surface area (Å²) in [4.78, 5) is 11.3. The summed E-state index contributed by atoms with van der Waals surface area (Å²) >= 11 is 0. The Labute approximate surface area is 73.6 Å². The van der Waals surface area contributed by atoms with E-state index >= 15 is 0 Å². The largest absolute Gasteiger partial charge is 0.466 e. The summed E-state index contributed by atoms with van der Waals surface area (Å²) in [6.07, 6.45) is 0.904. The van der Waals surface area contributed by atoms with E-state index in [9.17, 15) is 4.79 Å². The van der Waals surface area contributed by atoms with Gasteiger partial charge in [-0.05, 0) is 20.3 Å². The van der Waals surface area contributed by atoms with Gasteiger partial charge in [0.15, 0.2) is 0 Å². The Hall–Kier alpha value is -0.790. The topological polar surface area (TPSA) is 26.3 Å². The van der Waals surface area contributed by atoms with E-state index in [1.807, 2.05) is 13.8 Å². The number of carbonyl (C=O) groups is 1. The monoisotopic (exact) mass is 168 g/mol. The summed E-state index contributed by atoms with van der Waals surface area (Å²) in [6.45, 7) is 10.2. The van der Waals surface area contributed by atoms with E-state index < -0.39 is 0 Å². The minimum absolute atomic E-state index is 0.0201. The van der Waals surface area contributed by atoms with Gasteiger partial charge in [-0.15, -0.1) is 0 Å². The third kappa shape index (κ3) is 1.38. The van der Waals surface area contributed by atoms with Crippen LogP contribution in [0.1, 0.15) is 27.2 Å². The molecule has 0 radical (unpaired) electrons. The predicted octanol–water partition coefficient (Wildman–Crippen LogP) is 2.15. The molecule has 1 aliphatic carbocycles. The van der Waals surface area contributed by atoms with Gasteiger partial charge in [-0.1, -0.05) is 19.1 Å². The fourth-order valence-corrected chi connectivity index (χ4v) is 1.42. The van der Waals surface area contributed by atoms with E-state index in [4.69, 9.17) is 4.74 Å². The maximum atomic E-state index is 11.3. The van der Waals surface area contributed by atoms with Gasteiger partial charge in [0, 0.05) is 5.41 Å². The van der Waals surface area contributed by atoms with Crippen LogP contribution in [0.25, 0.3) is 0 Å². The Bertz CT molecular complexity index is 220. The van der Waals surface area contributed by atoms with Gasteiger partial charge in [0.25, 0.3) is 0 Å². The summed E-state index contributed by atoms with van der Waals surface area (Å²) in [5.41, 5.74) is 1.10. The van der Waals surface area contributed by atoms with Crippen molar-refractivity contribution < 1.29 is 9.53 Å². The molecule has 2 atom stereocenters. The molecular formula is C10H16O2. The maximum Gasteiger partial charge on any atom is 0.309 e. The van der Waals surface area contributed by atoms with Crippen molar-refractivity contribution in [1.29, 1.82) is 0 Å². The zero-order chi connectivity index (χ0) is 9.35. The molecule has 1 fully saturated rings. The molecule has 0 N–H and O–H groups in total. The SMILES string of the molecule is C=C(C)C1(C)CC1C(=O)OCC. The molecule has 0 heterocycles. The van der Waals surface area contributed by atoms with E-state index in [1.165, 1.54) is 0 Å². The van der Waals surface area contributed by atoms with Crippen molar-refractivity contribution in [1.82, 2.24) is 0 Å². The molecule has 2 unspecified atom stereocenters. The highest BCUT2D eigenvalue weighted by Crippen LogP contribution is 2.57. The molecule has 2 heteroatoms. The van der Waals surface area contributed by atoms with Gasteiger partial charge in [0.2, 0.25) is 0 Å². The molecule has 0 bridgehead atoms. The summed E-state index contributed by atoms with van der Waals surface area (Å²) < 4.78 is 4.93. The Balaban J connectivity index is 2.51. The highest BCUT2D eigenvalue weighted by molar-refractivity contribution is 5.77. The normalized spacial score (nSPS) is 32.8. The lowest BCUT2D eigenvalue weighted by molar-refractivity contribution is -0.145. The number of rotatable bonds is 3. The number of hydrogen-bond donors (Lipinski definition) is 0. The quantitative estimate of drug-likeness (QED) is 0.477. The van der Waals surface area contributed by atoms with Crippen molar-refractivity contribution in [3.63, 3.8) is 0 Å². The molecule has 0 aromatic rings. The third-order valence-corrected chi connectivity index (χ3v) is 2.78. The van der Waals surface area contributed by atoms with Crippen LogP contribution in [0, 0.1) is 11.3 Å². The van der Waals surface area contributed by atoms with Crippen LogP contribution in [0.5, 0.6) is 0 Å². The van der Waals surface area contributed by atoms with Gasteiger partial charge in [-0.3, -0.25) is 4.79 Å². The van der Waals surface area contributed by atoms with Crippen LogP contribution >= 0.6 is 0 Å². The number of carbonyl (C=O) groups excluding carboxylic acids is 1. The van der Waals surface area contributed by atoms with E-state index in [0.717, 1.165) is 12.0 Å². The maximum absolute atomic E-state index is 11.3. The van der Waals surface area contributed by atoms with E-state index in [-0.39, 0.29) is 17.3 Å². The molecule has 0 aliphatic heterocycles. The minimum atomic E-state index is -0.0667. The van der Waals surface area contributed by atoms with Crippen LogP contribution in [-0.2, 0) is 9.53 Å². The standard InChI is InChI=1S/C10H16O2/c1-5-12-9(11)8-6-10(8,4)7(2)3/h8H,2,5-6H2,1,3-4H3. The van der Waals surface area contributed by atoms with Gasteiger partial charge < -0.3 is 4.74 Å². The number of ether oxygens (including phenoxy) is 1. The predicted molar refractivity (Wildman–Crippen MR) is 47.7 cm³/mol. The molecule has 0 saturated heterocycles. The lowest BCUT2D eigenvalue weighted by Gasteiger charge is -2.09. The first-order valence-electron chi connectivity index (χ1n) is 4.35.